The second-order valence-electron chi connectivity index (χ2n) is 4.82. The molecule has 0 saturated carbocycles. The van der Waals surface area contributed by atoms with E-state index in [-0.39, 0.29) is 16.7 Å². The number of rotatable bonds is 6. The van der Waals surface area contributed by atoms with E-state index in [2.05, 4.69) is 4.72 Å². The topological polar surface area (TPSA) is 75.7 Å². The molecule has 0 heterocycles. The van der Waals surface area contributed by atoms with Crippen molar-refractivity contribution in [1.82, 2.24) is 4.90 Å². The van der Waals surface area contributed by atoms with Gasteiger partial charge in [0.25, 0.3) is 5.91 Å². The average Bonchev–Trinajstić information content (AvgIpc) is 2.36. The lowest BCUT2D eigenvalue weighted by atomic mass is 10.2. The first-order chi connectivity index (χ1) is 9.66. The number of halogens is 1. The van der Waals surface area contributed by atoms with Gasteiger partial charge in [-0.25, -0.2) is 8.42 Å². The van der Waals surface area contributed by atoms with Crippen molar-refractivity contribution in [1.29, 1.82) is 0 Å². The van der Waals surface area contributed by atoms with E-state index >= 15 is 0 Å². The Labute approximate surface area is 130 Å². The van der Waals surface area contributed by atoms with Crippen LogP contribution in [0.4, 0.5) is 5.69 Å². The monoisotopic (exact) mass is 334 g/mol. The normalized spacial score (nSPS) is 12.8. The zero-order valence-corrected chi connectivity index (χ0v) is 14.0. The number of amides is 1. The van der Waals surface area contributed by atoms with Crippen molar-refractivity contribution in [3.63, 3.8) is 0 Å². The van der Waals surface area contributed by atoms with Crippen LogP contribution in [0.2, 0.25) is 5.02 Å². The van der Waals surface area contributed by atoms with E-state index in [1.165, 1.54) is 30.2 Å². The summed E-state index contributed by atoms with van der Waals surface area (Å²) >= 11 is 6.02. The molecule has 0 aliphatic rings. The largest absolute Gasteiger partial charge is 0.381 e. The van der Waals surface area contributed by atoms with Gasteiger partial charge in [0.2, 0.25) is 10.0 Å². The molecule has 0 aromatic heterocycles. The Morgan fingerprint density at radius 3 is 2.52 bits per heavy atom. The Morgan fingerprint density at radius 1 is 1.43 bits per heavy atom. The lowest BCUT2D eigenvalue weighted by molar-refractivity contribution is 0.0828. The molecular weight excluding hydrogens is 316 g/mol. The molecule has 1 atom stereocenters. The van der Waals surface area contributed by atoms with Crippen LogP contribution in [0.1, 0.15) is 17.3 Å². The molecule has 1 N–H and O–H groups in total. The van der Waals surface area contributed by atoms with Crippen LogP contribution < -0.4 is 4.72 Å². The first kappa shape index (κ1) is 17.7. The zero-order chi connectivity index (χ0) is 16.2. The van der Waals surface area contributed by atoms with E-state index in [4.69, 9.17) is 16.3 Å². The Morgan fingerprint density at radius 2 is 2.05 bits per heavy atom. The summed E-state index contributed by atoms with van der Waals surface area (Å²) in [6.07, 6.45) is -0.424. The number of nitrogens with one attached hydrogen (secondary N) is 1. The molecular formula is C13H19ClN2O4S. The van der Waals surface area contributed by atoms with Gasteiger partial charge >= 0.3 is 0 Å². The number of carbonyl (C=O) groups is 1. The summed E-state index contributed by atoms with van der Waals surface area (Å²) in [7, 11) is 1.13. The Hall–Kier alpha value is -1.31. The third-order valence-corrected chi connectivity index (χ3v) is 4.50. The van der Waals surface area contributed by atoms with Gasteiger partial charge in [0, 0.05) is 26.9 Å². The SMILES string of the molecule is CO[C@@H](C)CS(=O)(=O)Nc1ccc(C(=O)N(C)C)c(Cl)c1. The van der Waals surface area contributed by atoms with Gasteiger partial charge in [0.05, 0.1) is 22.4 Å². The van der Waals surface area contributed by atoms with Crippen LogP contribution in [-0.2, 0) is 14.8 Å². The first-order valence-electron chi connectivity index (χ1n) is 6.20. The van der Waals surface area contributed by atoms with Crippen LogP contribution in [0.25, 0.3) is 0 Å². The van der Waals surface area contributed by atoms with E-state index in [1.54, 1.807) is 21.0 Å². The number of sulfonamides is 1. The molecule has 0 saturated heterocycles. The molecule has 1 aromatic rings. The third-order valence-electron chi connectivity index (χ3n) is 2.74. The van der Waals surface area contributed by atoms with E-state index in [0.717, 1.165) is 0 Å². The standard InChI is InChI=1S/C13H19ClN2O4S/c1-9(20-4)8-21(18,19)15-10-5-6-11(12(14)7-10)13(17)16(2)3/h5-7,9,15H,8H2,1-4H3/t9-/m0/s1. The Balaban J connectivity index is 2.93. The number of carbonyl (C=O) groups excluding carboxylic acids is 1. The van der Waals surface area contributed by atoms with Crippen LogP contribution >= 0.6 is 11.6 Å². The van der Waals surface area contributed by atoms with Crippen molar-refractivity contribution in [3.8, 4) is 0 Å². The van der Waals surface area contributed by atoms with E-state index in [0.29, 0.717) is 11.3 Å². The summed E-state index contributed by atoms with van der Waals surface area (Å²) < 4.78 is 31.1. The summed E-state index contributed by atoms with van der Waals surface area (Å²) in [5.41, 5.74) is 0.619. The second-order valence-corrected chi connectivity index (χ2v) is 7.00. The van der Waals surface area contributed by atoms with Gasteiger partial charge in [-0.2, -0.15) is 0 Å². The summed E-state index contributed by atoms with van der Waals surface area (Å²) in [6, 6.07) is 4.40. The van der Waals surface area contributed by atoms with Crippen molar-refractivity contribution in [2.24, 2.45) is 0 Å². The molecule has 0 radical (unpaired) electrons. The van der Waals surface area contributed by atoms with Crippen molar-refractivity contribution in [2.45, 2.75) is 13.0 Å². The third kappa shape index (κ3) is 5.18. The minimum Gasteiger partial charge on any atom is -0.381 e. The van der Waals surface area contributed by atoms with Crippen molar-refractivity contribution in [2.75, 3.05) is 31.7 Å². The summed E-state index contributed by atoms with van der Waals surface area (Å²) in [5, 5.41) is 0.189. The highest BCUT2D eigenvalue weighted by molar-refractivity contribution is 7.92. The molecule has 0 fully saturated rings. The van der Waals surface area contributed by atoms with Gasteiger partial charge in [-0.3, -0.25) is 9.52 Å². The predicted molar refractivity (Wildman–Crippen MR) is 83.4 cm³/mol. The number of nitrogens with zero attached hydrogens (tertiary/aromatic N) is 1. The van der Waals surface area contributed by atoms with Gasteiger partial charge in [0.15, 0.2) is 0 Å². The molecule has 1 amide bonds. The molecule has 1 rings (SSSR count). The minimum absolute atomic E-state index is 0.167. The molecule has 0 bridgehead atoms. The van der Waals surface area contributed by atoms with Crippen LogP contribution in [-0.4, -0.2) is 52.3 Å². The highest BCUT2D eigenvalue weighted by Gasteiger charge is 2.17. The molecule has 0 aliphatic heterocycles. The van der Waals surface area contributed by atoms with E-state index < -0.39 is 16.1 Å². The summed E-state index contributed by atoms with van der Waals surface area (Å²) in [4.78, 5) is 13.2. The first-order valence-corrected chi connectivity index (χ1v) is 8.24. The lowest BCUT2D eigenvalue weighted by Crippen LogP contribution is -2.25. The molecule has 0 spiro atoms. The fourth-order valence-electron chi connectivity index (χ4n) is 1.59. The minimum atomic E-state index is -3.54. The van der Waals surface area contributed by atoms with E-state index in [9.17, 15) is 13.2 Å². The fraction of sp³-hybridized carbons (Fsp3) is 0.462. The number of anilines is 1. The molecule has 21 heavy (non-hydrogen) atoms. The van der Waals surface area contributed by atoms with Crippen LogP contribution in [0.3, 0.4) is 0 Å². The van der Waals surface area contributed by atoms with Crippen LogP contribution in [0.15, 0.2) is 18.2 Å². The van der Waals surface area contributed by atoms with Crippen molar-refractivity contribution in [3.05, 3.63) is 28.8 Å². The molecule has 8 heteroatoms. The average molecular weight is 335 g/mol. The maximum atomic E-state index is 11.9. The highest BCUT2D eigenvalue weighted by atomic mass is 35.5. The second kappa shape index (κ2) is 7.11. The molecule has 118 valence electrons. The number of hydrogen-bond acceptors (Lipinski definition) is 4. The maximum absolute atomic E-state index is 11.9. The fourth-order valence-corrected chi connectivity index (χ4v) is 3.18. The van der Waals surface area contributed by atoms with Gasteiger partial charge in [0.1, 0.15) is 0 Å². The van der Waals surface area contributed by atoms with Gasteiger partial charge < -0.3 is 9.64 Å². The maximum Gasteiger partial charge on any atom is 0.254 e. The van der Waals surface area contributed by atoms with Crippen LogP contribution in [0.5, 0.6) is 0 Å². The molecule has 0 unspecified atom stereocenters. The number of ether oxygens (including phenoxy) is 1. The quantitative estimate of drug-likeness (QED) is 0.861. The van der Waals surface area contributed by atoms with E-state index in [1.807, 2.05) is 0 Å². The predicted octanol–water partition coefficient (Wildman–Crippen LogP) is 1.82. The Bertz CT molecular complexity index is 617. The lowest BCUT2D eigenvalue weighted by Gasteiger charge is -2.14. The highest BCUT2D eigenvalue weighted by Crippen LogP contribution is 2.22. The number of benzene rings is 1. The van der Waals surface area contributed by atoms with Crippen molar-refractivity contribution < 1.29 is 17.9 Å². The molecule has 1 aromatic carbocycles. The number of methoxy groups -OCH3 is 1. The van der Waals surface area contributed by atoms with Gasteiger partial charge in [-0.15, -0.1) is 0 Å². The van der Waals surface area contributed by atoms with Gasteiger partial charge in [-0.1, -0.05) is 11.6 Å². The van der Waals surface area contributed by atoms with Gasteiger partial charge in [-0.05, 0) is 25.1 Å². The Kier molecular flexibility index (Phi) is 6.00. The zero-order valence-electron chi connectivity index (χ0n) is 12.4. The number of hydrogen-bond donors (Lipinski definition) is 1. The summed E-state index contributed by atoms with van der Waals surface area (Å²) in [6.45, 7) is 1.66. The van der Waals surface area contributed by atoms with Crippen LogP contribution in [0, 0.1) is 0 Å². The molecule has 0 aliphatic carbocycles. The smallest absolute Gasteiger partial charge is 0.254 e. The van der Waals surface area contributed by atoms with Crippen molar-refractivity contribution >= 4 is 33.2 Å². The molecule has 6 nitrogen and oxygen atoms in total. The summed E-state index contributed by atoms with van der Waals surface area (Å²) in [5.74, 6) is -0.415.